The molecule has 0 aromatic carbocycles. The van der Waals surface area contributed by atoms with Crippen molar-refractivity contribution in [3.8, 4) is 0 Å². The number of hydrogen-bond acceptors (Lipinski definition) is 6. The monoisotopic (exact) mass is 507 g/mol. The Morgan fingerprint density at radius 1 is 1.36 bits per heavy atom. The van der Waals surface area contributed by atoms with Crippen LogP contribution < -0.4 is 10.6 Å². The first-order chi connectivity index (χ1) is 13.3. The highest BCUT2D eigenvalue weighted by Crippen LogP contribution is 2.13. The van der Waals surface area contributed by atoms with E-state index in [1.807, 2.05) is 4.68 Å². The highest BCUT2D eigenvalue weighted by molar-refractivity contribution is 14.0. The number of guanidine groups is 1. The number of rotatable bonds is 8. The molecule has 160 valence electrons. The molecule has 1 aromatic heterocycles. The third kappa shape index (κ3) is 7.12. The summed E-state index contributed by atoms with van der Waals surface area (Å²) in [7, 11) is 1.67. The lowest BCUT2D eigenvalue weighted by Gasteiger charge is -2.26. The molecular formula is C18H34IN7O2. The Kier molecular flexibility index (Phi) is 10.4. The molecule has 9 nitrogen and oxygen atoms in total. The van der Waals surface area contributed by atoms with Crippen LogP contribution in [0.3, 0.4) is 0 Å². The van der Waals surface area contributed by atoms with Crippen molar-refractivity contribution in [2.45, 2.75) is 45.4 Å². The summed E-state index contributed by atoms with van der Waals surface area (Å²) in [6.45, 7) is 9.91. The second-order valence-electron chi connectivity index (χ2n) is 7.01. The van der Waals surface area contributed by atoms with Gasteiger partial charge in [-0.05, 0) is 19.8 Å². The molecule has 0 saturated carbocycles. The number of morpholine rings is 1. The fourth-order valence-corrected chi connectivity index (χ4v) is 3.49. The standard InChI is InChI=1S/C18H33N7O2.HI/c1-3-19-18(20-7-4-8-24-9-11-27-12-10-24)21-15-5-6-17-22-16(14-26-2)23-25(17)13-15;/h15H,3-14H2,1-2H3,(H2,19,20,21);1H. The van der Waals surface area contributed by atoms with E-state index in [0.717, 1.165) is 89.4 Å². The van der Waals surface area contributed by atoms with Crippen molar-refractivity contribution in [3.05, 3.63) is 11.6 Å². The maximum atomic E-state index is 5.39. The Bertz CT molecular complexity index is 605. The SMILES string of the molecule is CCNC(=NCCCN1CCOCC1)NC1CCc2nc(COC)nn2C1.I. The highest BCUT2D eigenvalue weighted by atomic mass is 127. The van der Waals surface area contributed by atoms with E-state index in [-0.39, 0.29) is 24.0 Å². The van der Waals surface area contributed by atoms with E-state index in [1.165, 1.54) is 0 Å². The van der Waals surface area contributed by atoms with Gasteiger partial charge in [0.2, 0.25) is 0 Å². The van der Waals surface area contributed by atoms with Crippen molar-refractivity contribution in [3.63, 3.8) is 0 Å². The average Bonchev–Trinajstić information content (AvgIpc) is 3.08. The van der Waals surface area contributed by atoms with Crippen LogP contribution in [0.5, 0.6) is 0 Å². The molecule has 1 unspecified atom stereocenters. The van der Waals surface area contributed by atoms with E-state index in [0.29, 0.717) is 12.6 Å². The first-order valence-corrected chi connectivity index (χ1v) is 10.0. The second kappa shape index (κ2) is 12.6. The summed E-state index contributed by atoms with van der Waals surface area (Å²) in [5.74, 6) is 2.70. The fraction of sp³-hybridized carbons (Fsp3) is 0.833. The Balaban J connectivity index is 0.00000280. The van der Waals surface area contributed by atoms with Crippen molar-refractivity contribution >= 4 is 29.9 Å². The number of hydrogen-bond donors (Lipinski definition) is 2. The van der Waals surface area contributed by atoms with Crippen LogP contribution in [0.25, 0.3) is 0 Å². The molecule has 0 radical (unpaired) electrons. The molecule has 28 heavy (non-hydrogen) atoms. The average molecular weight is 507 g/mol. The Hall–Kier alpha value is -0.980. The Morgan fingerprint density at radius 2 is 2.18 bits per heavy atom. The van der Waals surface area contributed by atoms with Crippen LogP contribution in [0.4, 0.5) is 0 Å². The predicted octanol–water partition coefficient (Wildman–Crippen LogP) is 0.635. The van der Waals surface area contributed by atoms with Crippen LogP contribution in [-0.4, -0.2) is 84.7 Å². The third-order valence-electron chi connectivity index (χ3n) is 4.87. The van der Waals surface area contributed by atoms with Gasteiger partial charge in [0.25, 0.3) is 0 Å². The van der Waals surface area contributed by atoms with Gasteiger partial charge in [0.05, 0.1) is 19.8 Å². The Labute approximate surface area is 184 Å². The topological polar surface area (TPSA) is 88.8 Å². The molecule has 1 atom stereocenters. The summed E-state index contributed by atoms with van der Waals surface area (Å²) in [6.07, 6.45) is 3.02. The van der Waals surface area contributed by atoms with Crippen molar-refractivity contribution in [1.82, 2.24) is 30.3 Å². The first kappa shape index (κ1) is 23.3. The van der Waals surface area contributed by atoms with Gasteiger partial charge in [-0.3, -0.25) is 9.89 Å². The van der Waals surface area contributed by atoms with E-state index >= 15 is 0 Å². The number of nitrogens with zero attached hydrogens (tertiary/aromatic N) is 5. The minimum atomic E-state index is 0. The van der Waals surface area contributed by atoms with E-state index in [9.17, 15) is 0 Å². The van der Waals surface area contributed by atoms with Gasteiger partial charge in [-0.25, -0.2) is 9.67 Å². The van der Waals surface area contributed by atoms with Crippen LogP contribution in [-0.2, 0) is 29.0 Å². The van der Waals surface area contributed by atoms with Crippen molar-refractivity contribution in [2.75, 3.05) is 53.0 Å². The number of methoxy groups -OCH3 is 1. The lowest BCUT2D eigenvalue weighted by atomic mass is 10.1. The van der Waals surface area contributed by atoms with Gasteiger partial charge in [0, 0.05) is 52.3 Å². The van der Waals surface area contributed by atoms with Gasteiger partial charge >= 0.3 is 0 Å². The molecular weight excluding hydrogens is 473 g/mol. The summed E-state index contributed by atoms with van der Waals surface area (Å²) in [4.78, 5) is 11.7. The zero-order valence-corrected chi connectivity index (χ0v) is 19.4. The summed E-state index contributed by atoms with van der Waals surface area (Å²) < 4.78 is 12.5. The second-order valence-corrected chi connectivity index (χ2v) is 7.01. The van der Waals surface area contributed by atoms with E-state index < -0.39 is 0 Å². The predicted molar refractivity (Wildman–Crippen MR) is 119 cm³/mol. The smallest absolute Gasteiger partial charge is 0.191 e. The van der Waals surface area contributed by atoms with Crippen LogP contribution in [0.15, 0.2) is 4.99 Å². The zero-order chi connectivity index (χ0) is 18.9. The molecule has 3 heterocycles. The molecule has 3 rings (SSSR count). The third-order valence-corrected chi connectivity index (χ3v) is 4.87. The Morgan fingerprint density at radius 3 is 2.93 bits per heavy atom. The molecule has 2 aliphatic rings. The number of fused-ring (bicyclic) bond motifs is 1. The molecule has 1 aromatic rings. The molecule has 2 N–H and O–H groups in total. The van der Waals surface area contributed by atoms with Gasteiger partial charge in [0.1, 0.15) is 12.4 Å². The number of aromatic nitrogens is 3. The van der Waals surface area contributed by atoms with Gasteiger partial charge in [-0.15, -0.1) is 24.0 Å². The molecule has 2 aliphatic heterocycles. The van der Waals surface area contributed by atoms with Crippen LogP contribution >= 0.6 is 24.0 Å². The van der Waals surface area contributed by atoms with Gasteiger partial charge in [-0.1, -0.05) is 0 Å². The number of nitrogens with one attached hydrogen (secondary N) is 2. The summed E-state index contributed by atoms with van der Waals surface area (Å²) >= 11 is 0. The van der Waals surface area contributed by atoms with Crippen molar-refractivity contribution < 1.29 is 9.47 Å². The maximum absolute atomic E-state index is 5.39. The van der Waals surface area contributed by atoms with Crippen molar-refractivity contribution in [2.24, 2.45) is 4.99 Å². The summed E-state index contributed by atoms with van der Waals surface area (Å²) in [5.41, 5.74) is 0. The largest absolute Gasteiger partial charge is 0.379 e. The molecule has 0 bridgehead atoms. The lowest BCUT2D eigenvalue weighted by Crippen LogP contribution is -2.47. The molecule has 1 saturated heterocycles. The fourth-order valence-electron chi connectivity index (χ4n) is 3.49. The minimum Gasteiger partial charge on any atom is -0.379 e. The highest BCUT2D eigenvalue weighted by Gasteiger charge is 2.22. The van der Waals surface area contributed by atoms with Crippen LogP contribution in [0.1, 0.15) is 31.4 Å². The lowest BCUT2D eigenvalue weighted by molar-refractivity contribution is 0.0377. The van der Waals surface area contributed by atoms with Crippen LogP contribution in [0, 0.1) is 0 Å². The zero-order valence-electron chi connectivity index (χ0n) is 17.0. The minimum absolute atomic E-state index is 0. The quantitative estimate of drug-likeness (QED) is 0.231. The van der Waals surface area contributed by atoms with E-state index in [2.05, 4.69) is 32.5 Å². The van der Waals surface area contributed by atoms with E-state index in [4.69, 9.17) is 14.5 Å². The van der Waals surface area contributed by atoms with Gasteiger partial charge < -0.3 is 20.1 Å². The summed E-state index contributed by atoms with van der Waals surface area (Å²) in [5, 5.41) is 11.5. The first-order valence-electron chi connectivity index (χ1n) is 10.0. The summed E-state index contributed by atoms with van der Waals surface area (Å²) in [6, 6.07) is 0.312. The number of aryl methyl sites for hydroxylation is 1. The van der Waals surface area contributed by atoms with Crippen molar-refractivity contribution in [1.29, 1.82) is 0 Å². The van der Waals surface area contributed by atoms with E-state index in [1.54, 1.807) is 7.11 Å². The molecule has 1 fully saturated rings. The number of aliphatic imine (C=N–C) groups is 1. The maximum Gasteiger partial charge on any atom is 0.191 e. The van der Waals surface area contributed by atoms with Crippen LogP contribution in [0.2, 0.25) is 0 Å². The molecule has 0 spiro atoms. The van der Waals surface area contributed by atoms with Gasteiger partial charge in [0.15, 0.2) is 11.8 Å². The molecule has 10 heteroatoms. The normalized spacial score (nSPS) is 20.4. The number of ether oxygens (including phenoxy) is 2. The number of halogens is 1. The van der Waals surface area contributed by atoms with Gasteiger partial charge in [-0.2, -0.15) is 5.10 Å². The molecule has 0 amide bonds. The molecule has 0 aliphatic carbocycles.